The summed E-state index contributed by atoms with van der Waals surface area (Å²) < 4.78 is 2.96. The van der Waals surface area contributed by atoms with Crippen LogP contribution in [0.1, 0.15) is 16.8 Å². The molecule has 0 saturated heterocycles. The molecule has 0 amide bonds. The number of aromatic amines is 2. The minimum Gasteiger partial charge on any atom is -0.295 e. The van der Waals surface area contributed by atoms with Gasteiger partial charge >= 0.3 is 0 Å². The van der Waals surface area contributed by atoms with Gasteiger partial charge in [0, 0.05) is 11.3 Å². The van der Waals surface area contributed by atoms with Crippen LogP contribution in [0, 0.1) is 6.92 Å². The fraction of sp³-hybridized carbons (Fsp3) is 0.0370. The Balaban J connectivity index is 1.89. The van der Waals surface area contributed by atoms with E-state index in [1.807, 2.05) is 97.9 Å². The third-order valence-corrected chi connectivity index (χ3v) is 5.63. The maximum absolute atomic E-state index is 13.6. The second kappa shape index (κ2) is 8.16. The summed E-state index contributed by atoms with van der Waals surface area (Å²) in [5, 5.41) is 7.05. The molecule has 5 rings (SSSR count). The van der Waals surface area contributed by atoms with Gasteiger partial charge in [-0.05, 0) is 36.8 Å². The molecule has 5 aromatic rings. The Bertz CT molecular complexity index is 1660. The summed E-state index contributed by atoms with van der Waals surface area (Å²) in [6.45, 7) is 5.95. The largest absolute Gasteiger partial charge is 0.295 e. The van der Waals surface area contributed by atoms with Gasteiger partial charge in [0.1, 0.15) is 0 Å². The van der Waals surface area contributed by atoms with Gasteiger partial charge in [-0.25, -0.2) is 9.36 Å². The summed E-state index contributed by atoms with van der Waals surface area (Å²) in [6, 6.07) is 28.1. The van der Waals surface area contributed by atoms with E-state index in [0.717, 1.165) is 11.3 Å². The number of nitrogens with one attached hydrogen (secondary N) is 2. The van der Waals surface area contributed by atoms with Crippen LogP contribution in [-0.4, -0.2) is 19.6 Å². The Morgan fingerprint density at radius 2 is 1.18 bits per heavy atom. The van der Waals surface area contributed by atoms with E-state index in [2.05, 4.69) is 16.8 Å². The zero-order valence-corrected chi connectivity index (χ0v) is 18.1. The number of aromatic nitrogens is 4. The van der Waals surface area contributed by atoms with Crippen LogP contribution in [0.2, 0.25) is 0 Å². The van der Waals surface area contributed by atoms with Crippen molar-refractivity contribution >= 4 is 12.2 Å². The molecule has 0 saturated carbocycles. The Morgan fingerprint density at radius 3 is 1.73 bits per heavy atom. The van der Waals surface area contributed by atoms with E-state index in [1.54, 1.807) is 0 Å². The molecule has 0 bridgehead atoms. The maximum Gasteiger partial charge on any atom is 0.279 e. The number of benzene rings is 3. The first-order valence-corrected chi connectivity index (χ1v) is 10.6. The highest BCUT2D eigenvalue weighted by Gasteiger charge is 2.21. The van der Waals surface area contributed by atoms with Crippen molar-refractivity contribution in [1.29, 1.82) is 0 Å². The van der Waals surface area contributed by atoms with Crippen molar-refractivity contribution in [2.24, 2.45) is 0 Å². The molecule has 0 radical (unpaired) electrons. The Hall–Kier alpha value is -4.58. The van der Waals surface area contributed by atoms with Crippen LogP contribution in [0.5, 0.6) is 0 Å². The average Bonchev–Trinajstić information content (AvgIpc) is 3.31. The summed E-state index contributed by atoms with van der Waals surface area (Å²) >= 11 is 0. The average molecular weight is 434 g/mol. The van der Waals surface area contributed by atoms with Gasteiger partial charge in [0.15, 0.2) is 0 Å². The highest BCUT2D eigenvalue weighted by molar-refractivity contribution is 5.80. The van der Waals surface area contributed by atoms with Crippen molar-refractivity contribution in [1.82, 2.24) is 19.6 Å². The number of para-hydroxylation sites is 2. The summed E-state index contributed by atoms with van der Waals surface area (Å²) in [5.41, 5.74) is 3.32. The lowest BCUT2D eigenvalue weighted by Gasteiger charge is -2.05. The predicted octanol–water partition coefficient (Wildman–Crippen LogP) is 2.61. The Labute approximate surface area is 189 Å². The molecule has 0 unspecified atom stereocenters. The molecule has 6 heteroatoms. The van der Waals surface area contributed by atoms with Gasteiger partial charge in [-0.15, -0.1) is 0 Å². The molecule has 2 aromatic heterocycles. The zero-order chi connectivity index (χ0) is 22.9. The summed E-state index contributed by atoms with van der Waals surface area (Å²) in [7, 11) is 0. The summed E-state index contributed by atoms with van der Waals surface area (Å²) in [4.78, 5) is 27.3. The van der Waals surface area contributed by atoms with E-state index in [9.17, 15) is 9.59 Å². The molecule has 6 nitrogen and oxygen atoms in total. The standard InChI is InChI=1S/C27H22N4O2/c1-18-23(26(32)30(28-18)21-14-8-4-9-15-21)25(20-12-6-3-7-13-20)24-19(2)29-31(27(24)33)22-16-10-5-11-17-22/h3-17,28-29H,1H2,2H3. The third-order valence-electron chi connectivity index (χ3n) is 5.63. The van der Waals surface area contributed by atoms with Crippen molar-refractivity contribution in [3.05, 3.63) is 139 Å². The lowest BCUT2D eigenvalue weighted by atomic mass is 9.96. The van der Waals surface area contributed by atoms with Crippen LogP contribution in [0.15, 0.2) is 101 Å². The van der Waals surface area contributed by atoms with E-state index in [0.29, 0.717) is 33.1 Å². The maximum atomic E-state index is 13.6. The molecule has 2 heterocycles. The van der Waals surface area contributed by atoms with Crippen LogP contribution in [0.25, 0.3) is 23.5 Å². The molecule has 0 aliphatic carbocycles. The monoisotopic (exact) mass is 434 g/mol. The molecule has 0 aliphatic rings. The molecule has 0 atom stereocenters. The molecule has 0 aliphatic heterocycles. The van der Waals surface area contributed by atoms with Crippen LogP contribution < -0.4 is 21.7 Å². The SMILES string of the molecule is C=c1[nH]n(-c2ccccc2)c(=O)c1=C(c1ccccc1)c1c(C)[nH]n(-c2ccccc2)c1=O. The van der Waals surface area contributed by atoms with Gasteiger partial charge in [0.25, 0.3) is 11.1 Å². The predicted molar refractivity (Wildman–Crippen MR) is 130 cm³/mol. The number of nitrogens with zero attached hydrogens (tertiary/aromatic N) is 2. The van der Waals surface area contributed by atoms with E-state index in [1.165, 1.54) is 9.36 Å². The molecule has 0 spiro atoms. The van der Waals surface area contributed by atoms with Crippen molar-refractivity contribution in [2.75, 3.05) is 0 Å². The second-order valence-electron chi connectivity index (χ2n) is 7.77. The summed E-state index contributed by atoms with van der Waals surface area (Å²) in [6.07, 6.45) is 0. The molecule has 162 valence electrons. The van der Waals surface area contributed by atoms with Crippen molar-refractivity contribution < 1.29 is 0 Å². The number of hydrogen-bond acceptors (Lipinski definition) is 2. The number of hydrogen-bond donors (Lipinski definition) is 2. The van der Waals surface area contributed by atoms with Gasteiger partial charge in [0.05, 0.1) is 27.5 Å². The number of H-pyrrole nitrogens is 2. The van der Waals surface area contributed by atoms with E-state index < -0.39 is 0 Å². The van der Waals surface area contributed by atoms with Crippen molar-refractivity contribution in [3.8, 4) is 11.4 Å². The molecule has 2 N–H and O–H groups in total. The Kier molecular flexibility index (Phi) is 5.03. The molecular weight excluding hydrogens is 412 g/mol. The first kappa shape index (κ1) is 20.3. The van der Waals surface area contributed by atoms with E-state index in [-0.39, 0.29) is 11.1 Å². The van der Waals surface area contributed by atoms with Gasteiger partial charge in [-0.2, -0.15) is 0 Å². The second-order valence-corrected chi connectivity index (χ2v) is 7.77. The lowest BCUT2D eigenvalue weighted by Crippen LogP contribution is -2.38. The van der Waals surface area contributed by atoms with E-state index in [4.69, 9.17) is 0 Å². The normalized spacial score (nSPS) is 12.0. The first-order valence-electron chi connectivity index (χ1n) is 10.6. The fourth-order valence-corrected chi connectivity index (χ4v) is 4.12. The minimum atomic E-state index is -0.267. The van der Waals surface area contributed by atoms with Crippen molar-refractivity contribution in [3.63, 3.8) is 0 Å². The van der Waals surface area contributed by atoms with Gasteiger partial charge in [0.2, 0.25) is 0 Å². The van der Waals surface area contributed by atoms with Crippen LogP contribution in [0.4, 0.5) is 0 Å². The summed E-state index contributed by atoms with van der Waals surface area (Å²) in [5.74, 6) is 0. The first-order chi connectivity index (χ1) is 16.1. The van der Waals surface area contributed by atoms with Crippen LogP contribution in [-0.2, 0) is 0 Å². The molecule has 3 aromatic carbocycles. The Morgan fingerprint density at radius 1 is 0.697 bits per heavy atom. The van der Waals surface area contributed by atoms with Gasteiger partial charge < -0.3 is 0 Å². The highest BCUT2D eigenvalue weighted by atomic mass is 16.1. The molecule has 33 heavy (non-hydrogen) atoms. The highest BCUT2D eigenvalue weighted by Crippen LogP contribution is 2.20. The lowest BCUT2D eigenvalue weighted by molar-refractivity contribution is 0.835. The topological polar surface area (TPSA) is 75.6 Å². The molecular formula is C27H22N4O2. The van der Waals surface area contributed by atoms with Gasteiger partial charge in [-0.3, -0.25) is 19.8 Å². The molecule has 0 fully saturated rings. The van der Waals surface area contributed by atoms with Gasteiger partial charge in [-0.1, -0.05) is 73.3 Å². The number of aryl methyl sites for hydroxylation is 1. The van der Waals surface area contributed by atoms with Crippen molar-refractivity contribution in [2.45, 2.75) is 6.92 Å². The van der Waals surface area contributed by atoms with Crippen LogP contribution >= 0.6 is 0 Å². The van der Waals surface area contributed by atoms with Crippen LogP contribution in [0.3, 0.4) is 0 Å². The fourth-order valence-electron chi connectivity index (χ4n) is 4.12. The quantitative estimate of drug-likeness (QED) is 0.456. The smallest absolute Gasteiger partial charge is 0.279 e. The minimum absolute atomic E-state index is 0.233. The zero-order valence-electron chi connectivity index (χ0n) is 18.1. The number of rotatable bonds is 4. The van der Waals surface area contributed by atoms with E-state index >= 15 is 0 Å². The third kappa shape index (κ3) is 3.47.